The van der Waals surface area contributed by atoms with E-state index in [2.05, 4.69) is 22.0 Å². The molecule has 88 valence electrons. The van der Waals surface area contributed by atoms with Crippen LogP contribution in [0.1, 0.15) is 13.3 Å². The Balaban J connectivity index is 1.83. The van der Waals surface area contributed by atoms with Gasteiger partial charge in [0.25, 0.3) is 0 Å². The summed E-state index contributed by atoms with van der Waals surface area (Å²) < 4.78 is 0. The number of aliphatic hydroxyl groups is 1. The van der Waals surface area contributed by atoms with Crippen LogP contribution >= 0.6 is 0 Å². The van der Waals surface area contributed by atoms with Gasteiger partial charge < -0.3 is 15.3 Å². The van der Waals surface area contributed by atoms with Crippen molar-refractivity contribution in [3.63, 3.8) is 0 Å². The van der Waals surface area contributed by atoms with Crippen LogP contribution in [0.15, 0.2) is 0 Å². The van der Waals surface area contributed by atoms with Crippen LogP contribution in [-0.2, 0) is 0 Å². The molecule has 2 N–H and O–H groups in total. The number of aliphatic hydroxyl groups excluding tert-OH is 1. The molecule has 2 aliphatic heterocycles. The molecule has 15 heavy (non-hydrogen) atoms. The summed E-state index contributed by atoms with van der Waals surface area (Å²) in [6, 6.07) is 0.345. The highest BCUT2D eigenvalue weighted by molar-refractivity contribution is 4.87. The van der Waals surface area contributed by atoms with Crippen molar-refractivity contribution < 1.29 is 5.11 Å². The lowest BCUT2D eigenvalue weighted by Gasteiger charge is -2.42. The van der Waals surface area contributed by atoms with Crippen LogP contribution in [0, 0.1) is 0 Å². The van der Waals surface area contributed by atoms with Crippen LogP contribution in [0.5, 0.6) is 0 Å². The maximum Gasteiger partial charge on any atom is 0.0719 e. The van der Waals surface area contributed by atoms with Crippen LogP contribution in [0.4, 0.5) is 0 Å². The van der Waals surface area contributed by atoms with E-state index >= 15 is 0 Å². The molecule has 0 aromatic carbocycles. The van der Waals surface area contributed by atoms with Gasteiger partial charge in [-0.2, -0.15) is 0 Å². The van der Waals surface area contributed by atoms with E-state index < -0.39 is 0 Å². The number of nitrogens with zero attached hydrogens (tertiary/aromatic N) is 2. The second kappa shape index (κ2) is 5.25. The van der Waals surface area contributed by atoms with E-state index in [4.69, 9.17) is 0 Å². The number of piperazine rings is 1. The maximum absolute atomic E-state index is 9.95. The van der Waals surface area contributed by atoms with Gasteiger partial charge in [0.15, 0.2) is 0 Å². The molecule has 2 atom stereocenters. The van der Waals surface area contributed by atoms with Crippen molar-refractivity contribution in [2.75, 3.05) is 45.8 Å². The molecular formula is C11H23N3O. The quantitative estimate of drug-likeness (QED) is 0.639. The smallest absolute Gasteiger partial charge is 0.0719 e. The van der Waals surface area contributed by atoms with E-state index in [1.54, 1.807) is 0 Å². The summed E-state index contributed by atoms with van der Waals surface area (Å²) in [7, 11) is 0. The minimum atomic E-state index is -0.126. The molecule has 0 aliphatic carbocycles. The zero-order valence-corrected chi connectivity index (χ0v) is 9.65. The third kappa shape index (κ3) is 2.69. The lowest BCUT2D eigenvalue weighted by Crippen LogP contribution is -2.59. The summed E-state index contributed by atoms with van der Waals surface area (Å²) in [5.74, 6) is 0. The van der Waals surface area contributed by atoms with Gasteiger partial charge >= 0.3 is 0 Å². The molecule has 0 aromatic heterocycles. The highest BCUT2D eigenvalue weighted by Crippen LogP contribution is 2.13. The monoisotopic (exact) mass is 213 g/mol. The second-order valence-electron chi connectivity index (χ2n) is 4.60. The minimum absolute atomic E-state index is 0.126. The van der Waals surface area contributed by atoms with E-state index in [1.165, 1.54) is 0 Å². The average molecular weight is 213 g/mol. The fourth-order valence-corrected chi connectivity index (χ4v) is 2.61. The molecule has 2 unspecified atom stereocenters. The van der Waals surface area contributed by atoms with Crippen molar-refractivity contribution in [2.45, 2.75) is 25.5 Å². The fraction of sp³-hybridized carbons (Fsp3) is 1.00. The molecule has 2 fully saturated rings. The van der Waals surface area contributed by atoms with Crippen LogP contribution in [0.2, 0.25) is 0 Å². The Bertz CT molecular complexity index is 192. The molecule has 2 rings (SSSR count). The molecule has 4 heteroatoms. The maximum atomic E-state index is 9.95. The van der Waals surface area contributed by atoms with Gasteiger partial charge in [-0.05, 0) is 19.5 Å². The van der Waals surface area contributed by atoms with Crippen LogP contribution < -0.4 is 5.32 Å². The van der Waals surface area contributed by atoms with Crippen molar-refractivity contribution in [3.05, 3.63) is 0 Å². The van der Waals surface area contributed by atoms with E-state index in [9.17, 15) is 5.11 Å². The normalized spacial score (nSPS) is 35.6. The Morgan fingerprint density at radius 1 is 1.27 bits per heavy atom. The summed E-state index contributed by atoms with van der Waals surface area (Å²) in [5, 5.41) is 13.3. The Morgan fingerprint density at radius 2 is 2.00 bits per heavy atom. The Hall–Kier alpha value is -0.160. The first-order valence-corrected chi connectivity index (χ1v) is 6.16. The Labute approximate surface area is 92.2 Å². The molecule has 0 aromatic rings. The summed E-state index contributed by atoms with van der Waals surface area (Å²) in [5.41, 5.74) is 0. The molecule has 0 spiro atoms. The summed E-state index contributed by atoms with van der Waals surface area (Å²) in [6.07, 6.45) is 0.776. The van der Waals surface area contributed by atoms with Gasteiger partial charge in [-0.3, -0.25) is 4.90 Å². The second-order valence-corrected chi connectivity index (χ2v) is 4.60. The van der Waals surface area contributed by atoms with Crippen LogP contribution in [-0.4, -0.2) is 72.9 Å². The lowest BCUT2D eigenvalue weighted by atomic mass is 10.0. The van der Waals surface area contributed by atoms with Crippen molar-refractivity contribution in [1.29, 1.82) is 0 Å². The number of rotatable bonds is 2. The number of hydrogen-bond acceptors (Lipinski definition) is 4. The molecule has 4 nitrogen and oxygen atoms in total. The number of hydrogen-bond donors (Lipinski definition) is 2. The zero-order valence-electron chi connectivity index (χ0n) is 9.65. The summed E-state index contributed by atoms with van der Waals surface area (Å²) in [4.78, 5) is 4.92. The summed E-state index contributed by atoms with van der Waals surface area (Å²) in [6.45, 7) is 9.81. The third-order valence-corrected chi connectivity index (χ3v) is 3.74. The fourth-order valence-electron chi connectivity index (χ4n) is 2.61. The van der Waals surface area contributed by atoms with Crippen molar-refractivity contribution >= 4 is 0 Å². The van der Waals surface area contributed by atoms with Gasteiger partial charge in [0, 0.05) is 38.8 Å². The van der Waals surface area contributed by atoms with E-state index in [0.717, 1.165) is 52.2 Å². The largest absolute Gasteiger partial charge is 0.391 e. The van der Waals surface area contributed by atoms with Gasteiger partial charge in [0.05, 0.1) is 6.10 Å². The summed E-state index contributed by atoms with van der Waals surface area (Å²) >= 11 is 0. The standard InChI is InChI=1S/C11H23N3O/c1-2-13-5-7-14(8-6-13)10-9-12-4-3-11(10)15/h10-12,15H,2-9H2,1H3. The SMILES string of the molecule is CCN1CCN(C2CNCCC2O)CC1. The number of nitrogens with one attached hydrogen (secondary N) is 1. The van der Waals surface area contributed by atoms with E-state index in [0.29, 0.717) is 6.04 Å². The predicted molar refractivity (Wildman–Crippen MR) is 61.0 cm³/mol. The molecule has 0 saturated carbocycles. The van der Waals surface area contributed by atoms with E-state index in [-0.39, 0.29) is 6.10 Å². The van der Waals surface area contributed by atoms with E-state index in [1.807, 2.05) is 0 Å². The van der Waals surface area contributed by atoms with Gasteiger partial charge in [0.1, 0.15) is 0 Å². The van der Waals surface area contributed by atoms with Crippen LogP contribution in [0.25, 0.3) is 0 Å². The molecule has 2 saturated heterocycles. The number of likely N-dealkylation sites (N-methyl/N-ethyl adjacent to an activating group) is 1. The van der Waals surface area contributed by atoms with Gasteiger partial charge in [-0.15, -0.1) is 0 Å². The molecule has 0 radical (unpaired) electrons. The van der Waals surface area contributed by atoms with Gasteiger partial charge in [-0.1, -0.05) is 6.92 Å². The predicted octanol–water partition coefficient (Wildman–Crippen LogP) is -0.653. The third-order valence-electron chi connectivity index (χ3n) is 3.74. The molecular weight excluding hydrogens is 190 g/mol. The molecule has 0 bridgehead atoms. The molecule has 0 amide bonds. The first-order valence-electron chi connectivity index (χ1n) is 6.16. The van der Waals surface area contributed by atoms with Crippen molar-refractivity contribution in [2.24, 2.45) is 0 Å². The van der Waals surface area contributed by atoms with Crippen molar-refractivity contribution in [1.82, 2.24) is 15.1 Å². The van der Waals surface area contributed by atoms with Gasteiger partial charge in [0.2, 0.25) is 0 Å². The number of piperidine rings is 1. The Kier molecular flexibility index (Phi) is 3.97. The molecule has 2 heterocycles. The zero-order chi connectivity index (χ0) is 10.7. The van der Waals surface area contributed by atoms with Gasteiger partial charge in [-0.25, -0.2) is 0 Å². The molecule has 2 aliphatic rings. The first-order chi connectivity index (χ1) is 7.31. The van der Waals surface area contributed by atoms with Crippen LogP contribution in [0.3, 0.4) is 0 Å². The Morgan fingerprint density at radius 3 is 2.60 bits per heavy atom. The topological polar surface area (TPSA) is 38.7 Å². The minimum Gasteiger partial charge on any atom is -0.391 e. The average Bonchev–Trinajstić information content (AvgIpc) is 2.30. The van der Waals surface area contributed by atoms with Crippen molar-refractivity contribution in [3.8, 4) is 0 Å². The lowest BCUT2D eigenvalue weighted by molar-refractivity contribution is 0.00451. The highest BCUT2D eigenvalue weighted by Gasteiger charge is 2.30. The highest BCUT2D eigenvalue weighted by atomic mass is 16.3. The first kappa shape index (κ1) is 11.3.